The van der Waals surface area contributed by atoms with Crippen molar-refractivity contribution in [3.8, 4) is 0 Å². The zero-order chi connectivity index (χ0) is 18.7. The SMILES string of the molecule is CCOC(=O)c1nc2ccc(F)cn2c1N=Nc1ccccc1C(=O)O. The van der Waals surface area contributed by atoms with Gasteiger partial charge in [-0.05, 0) is 31.2 Å². The maximum absolute atomic E-state index is 13.6. The molecule has 3 aromatic rings. The van der Waals surface area contributed by atoms with Gasteiger partial charge >= 0.3 is 11.9 Å². The van der Waals surface area contributed by atoms with E-state index in [1.165, 1.54) is 28.7 Å². The smallest absolute Gasteiger partial charge is 0.360 e. The van der Waals surface area contributed by atoms with E-state index in [1.807, 2.05) is 0 Å². The fraction of sp³-hybridized carbons (Fsp3) is 0.118. The number of carboxylic acid groups (broad SMARTS) is 1. The van der Waals surface area contributed by atoms with E-state index < -0.39 is 17.8 Å². The Bertz CT molecular complexity index is 1030. The zero-order valence-corrected chi connectivity index (χ0v) is 13.6. The first-order valence-electron chi connectivity index (χ1n) is 7.60. The van der Waals surface area contributed by atoms with E-state index in [0.29, 0.717) is 0 Å². The van der Waals surface area contributed by atoms with Crippen LogP contribution >= 0.6 is 0 Å². The number of hydrogen-bond donors (Lipinski definition) is 1. The Hall–Kier alpha value is -3.62. The number of esters is 1. The highest BCUT2D eigenvalue weighted by atomic mass is 19.1. The Balaban J connectivity index is 2.14. The Kier molecular flexibility index (Phi) is 4.70. The summed E-state index contributed by atoms with van der Waals surface area (Å²) in [7, 11) is 0. The zero-order valence-electron chi connectivity index (χ0n) is 13.6. The van der Waals surface area contributed by atoms with E-state index >= 15 is 0 Å². The van der Waals surface area contributed by atoms with Gasteiger partial charge in [0.15, 0.2) is 11.5 Å². The van der Waals surface area contributed by atoms with Gasteiger partial charge in [0, 0.05) is 6.20 Å². The second kappa shape index (κ2) is 7.09. The fourth-order valence-corrected chi connectivity index (χ4v) is 2.28. The first kappa shape index (κ1) is 17.2. The van der Waals surface area contributed by atoms with Crippen molar-refractivity contribution >= 4 is 29.1 Å². The number of ether oxygens (including phenoxy) is 1. The summed E-state index contributed by atoms with van der Waals surface area (Å²) >= 11 is 0. The molecule has 1 aromatic carbocycles. The van der Waals surface area contributed by atoms with Crippen molar-refractivity contribution in [2.75, 3.05) is 6.61 Å². The second-order valence-corrected chi connectivity index (χ2v) is 5.10. The van der Waals surface area contributed by atoms with E-state index in [4.69, 9.17) is 4.74 Å². The maximum Gasteiger partial charge on any atom is 0.360 e. The minimum Gasteiger partial charge on any atom is -0.478 e. The van der Waals surface area contributed by atoms with Crippen LogP contribution in [0.2, 0.25) is 0 Å². The summed E-state index contributed by atoms with van der Waals surface area (Å²) in [6, 6.07) is 8.55. The van der Waals surface area contributed by atoms with Crippen molar-refractivity contribution in [1.29, 1.82) is 0 Å². The number of aromatic nitrogens is 2. The van der Waals surface area contributed by atoms with Gasteiger partial charge in [0.2, 0.25) is 0 Å². The van der Waals surface area contributed by atoms with E-state index in [2.05, 4.69) is 15.2 Å². The topological polar surface area (TPSA) is 106 Å². The maximum atomic E-state index is 13.6. The Morgan fingerprint density at radius 2 is 2.00 bits per heavy atom. The first-order valence-corrected chi connectivity index (χ1v) is 7.60. The highest BCUT2D eigenvalue weighted by molar-refractivity contribution is 5.94. The minimum absolute atomic E-state index is 0.0573. The monoisotopic (exact) mass is 356 g/mol. The van der Waals surface area contributed by atoms with Crippen molar-refractivity contribution in [3.63, 3.8) is 0 Å². The van der Waals surface area contributed by atoms with Crippen LogP contribution in [0.15, 0.2) is 52.8 Å². The van der Waals surface area contributed by atoms with Crippen LogP contribution in [-0.2, 0) is 4.74 Å². The number of fused-ring (bicyclic) bond motifs is 1. The summed E-state index contributed by atoms with van der Waals surface area (Å²) in [5, 5.41) is 17.1. The van der Waals surface area contributed by atoms with Crippen LogP contribution in [0.25, 0.3) is 5.65 Å². The lowest BCUT2D eigenvalue weighted by Gasteiger charge is -2.01. The average Bonchev–Trinajstić information content (AvgIpc) is 2.98. The minimum atomic E-state index is -1.17. The third-order valence-corrected chi connectivity index (χ3v) is 3.41. The number of carbonyl (C=O) groups excluding carboxylic acids is 1. The predicted octanol–water partition coefficient (Wildman–Crippen LogP) is 3.76. The van der Waals surface area contributed by atoms with Crippen LogP contribution in [0.5, 0.6) is 0 Å². The standard InChI is InChI=1S/C17H13FN4O4/c1-2-26-17(25)14-15(22-9-10(18)7-8-13(22)19-14)21-20-12-6-4-3-5-11(12)16(23)24/h3-9H,2H2,1H3,(H,23,24). The third-order valence-electron chi connectivity index (χ3n) is 3.41. The Morgan fingerprint density at radius 3 is 2.73 bits per heavy atom. The molecule has 0 aliphatic heterocycles. The number of pyridine rings is 1. The molecule has 0 fully saturated rings. The van der Waals surface area contributed by atoms with Gasteiger partial charge in [0.25, 0.3) is 0 Å². The Labute approximate surface area is 146 Å². The van der Waals surface area contributed by atoms with Crippen LogP contribution in [0.4, 0.5) is 15.9 Å². The molecule has 0 unspecified atom stereocenters. The Morgan fingerprint density at radius 1 is 1.23 bits per heavy atom. The molecule has 2 heterocycles. The largest absolute Gasteiger partial charge is 0.478 e. The molecule has 0 spiro atoms. The van der Waals surface area contributed by atoms with Crippen LogP contribution < -0.4 is 0 Å². The molecule has 0 aliphatic carbocycles. The average molecular weight is 356 g/mol. The summed E-state index contributed by atoms with van der Waals surface area (Å²) < 4.78 is 19.8. The highest BCUT2D eigenvalue weighted by Crippen LogP contribution is 2.27. The molecule has 0 radical (unpaired) electrons. The summed E-state index contributed by atoms with van der Waals surface area (Å²) in [5.74, 6) is -2.53. The molecule has 0 aliphatic rings. The van der Waals surface area contributed by atoms with Gasteiger partial charge in [-0.25, -0.2) is 19.0 Å². The molecule has 2 aromatic heterocycles. The van der Waals surface area contributed by atoms with Gasteiger partial charge in [-0.15, -0.1) is 10.2 Å². The number of nitrogens with zero attached hydrogens (tertiary/aromatic N) is 4. The molecule has 8 nitrogen and oxygen atoms in total. The van der Waals surface area contributed by atoms with Crippen LogP contribution in [0.3, 0.4) is 0 Å². The van der Waals surface area contributed by atoms with Gasteiger partial charge < -0.3 is 9.84 Å². The van der Waals surface area contributed by atoms with Crippen molar-refractivity contribution in [2.24, 2.45) is 10.2 Å². The lowest BCUT2D eigenvalue weighted by molar-refractivity contribution is 0.0520. The van der Waals surface area contributed by atoms with Crippen molar-refractivity contribution in [1.82, 2.24) is 9.38 Å². The fourth-order valence-electron chi connectivity index (χ4n) is 2.28. The van der Waals surface area contributed by atoms with Gasteiger partial charge in [0.1, 0.15) is 17.2 Å². The number of imidazole rings is 1. The van der Waals surface area contributed by atoms with Crippen molar-refractivity contribution < 1.29 is 23.8 Å². The van der Waals surface area contributed by atoms with E-state index in [1.54, 1.807) is 19.1 Å². The molecule has 0 saturated heterocycles. The molecule has 3 rings (SSSR count). The number of halogens is 1. The van der Waals surface area contributed by atoms with Gasteiger partial charge in [-0.2, -0.15) is 0 Å². The van der Waals surface area contributed by atoms with Gasteiger partial charge in [0.05, 0.1) is 12.2 Å². The van der Waals surface area contributed by atoms with Gasteiger partial charge in [-0.1, -0.05) is 12.1 Å². The number of hydrogen-bond acceptors (Lipinski definition) is 6. The van der Waals surface area contributed by atoms with E-state index in [0.717, 1.165) is 6.20 Å². The summed E-state index contributed by atoms with van der Waals surface area (Å²) in [5.41, 5.74) is 0.152. The molecule has 0 saturated carbocycles. The quantitative estimate of drug-likeness (QED) is 0.553. The molecular weight excluding hydrogens is 343 g/mol. The van der Waals surface area contributed by atoms with Crippen LogP contribution in [0.1, 0.15) is 27.8 Å². The van der Waals surface area contributed by atoms with Crippen LogP contribution in [0, 0.1) is 5.82 Å². The molecule has 0 amide bonds. The summed E-state index contributed by atoms with van der Waals surface area (Å²) in [6.07, 6.45) is 1.10. The van der Waals surface area contributed by atoms with Crippen molar-refractivity contribution in [2.45, 2.75) is 6.92 Å². The highest BCUT2D eigenvalue weighted by Gasteiger charge is 2.21. The first-order chi connectivity index (χ1) is 12.5. The van der Waals surface area contributed by atoms with Gasteiger partial charge in [-0.3, -0.25) is 4.40 Å². The van der Waals surface area contributed by atoms with E-state index in [9.17, 15) is 19.1 Å². The summed E-state index contributed by atoms with van der Waals surface area (Å²) in [4.78, 5) is 27.5. The number of carboxylic acids is 1. The third kappa shape index (κ3) is 3.27. The molecule has 0 bridgehead atoms. The molecule has 1 N–H and O–H groups in total. The predicted molar refractivity (Wildman–Crippen MR) is 88.7 cm³/mol. The lowest BCUT2D eigenvalue weighted by Crippen LogP contribution is -2.05. The second-order valence-electron chi connectivity index (χ2n) is 5.10. The van der Waals surface area contributed by atoms with Crippen molar-refractivity contribution in [3.05, 3.63) is 59.7 Å². The normalized spacial score (nSPS) is 11.2. The van der Waals surface area contributed by atoms with Crippen LogP contribution in [-0.4, -0.2) is 33.0 Å². The summed E-state index contributed by atoms with van der Waals surface area (Å²) in [6.45, 7) is 1.76. The molecule has 0 atom stereocenters. The van der Waals surface area contributed by atoms with E-state index in [-0.39, 0.29) is 35.0 Å². The number of aromatic carboxylic acids is 1. The number of carbonyl (C=O) groups is 2. The molecule has 9 heteroatoms. The number of azo groups is 1. The number of benzene rings is 1. The number of rotatable bonds is 5. The molecule has 26 heavy (non-hydrogen) atoms. The molecular formula is C17H13FN4O4. The molecule has 132 valence electrons. The lowest BCUT2D eigenvalue weighted by atomic mass is 10.2.